The molecule has 0 atom stereocenters. The van der Waals surface area contributed by atoms with E-state index in [1.54, 1.807) is 0 Å². The van der Waals surface area contributed by atoms with Crippen molar-refractivity contribution >= 4 is 6.29 Å². The van der Waals surface area contributed by atoms with Crippen LogP contribution in [0.1, 0.15) is 26.0 Å². The van der Waals surface area contributed by atoms with E-state index in [1.807, 2.05) is 16.9 Å². The second-order valence-corrected chi connectivity index (χ2v) is 3.63. The van der Waals surface area contributed by atoms with Crippen LogP contribution in [0, 0.1) is 5.92 Å². The van der Waals surface area contributed by atoms with Crippen LogP contribution in [-0.2, 0) is 17.8 Å². The topological polar surface area (TPSA) is 34.9 Å². The Morgan fingerprint density at radius 2 is 2.38 bits per heavy atom. The summed E-state index contributed by atoms with van der Waals surface area (Å²) in [5.41, 5.74) is 1.01. The second-order valence-electron chi connectivity index (χ2n) is 3.63. The van der Waals surface area contributed by atoms with Gasteiger partial charge in [-0.1, -0.05) is 13.8 Å². The molecule has 0 radical (unpaired) electrons. The van der Waals surface area contributed by atoms with E-state index in [0.717, 1.165) is 24.9 Å². The lowest BCUT2D eigenvalue weighted by Crippen LogP contribution is -2.05. The lowest BCUT2D eigenvalue weighted by atomic mass is 10.2. The highest BCUT2D eigenvalue weighted by molar-refractivity contribution is 5.49. The van der Waals surface area contributed by atoms with Gasteiger partial charge in [0.1, 0.15) is 6.29 Å². The summed E-state index contributed by atoms with van der Waals surface area (Å²) in [7, 11) is 0. The van der Waals surface area contributed by atoms with Crippen molar-refractivity contribution in [3.05, 3.63) is 18.0 Å². The largest absolute Gasteiger partial charge is 0.303 e. The number of rotatable bonds is 5. The molecule has 3 nitrogen and oxygen atoms in total. The zero-order valence-electron chi connectivity index (χ0n) is 8.23. The highest BCUT2D eigenvalue weighted by Gasteiger charge is 2.00. The van der Waals surface area contributed by atoms with Crippen LogP contribution in [0.5, 0.6) is 0 Å². The molecule has 3 heteroatoms. The maximum absolute atomic E-state index is 10.1. The second kappa shape index (κ2) is 4.80. The van der Waals surface area contributed by atoms with Gasteiger partial charge in [0.05, 0.1) is 5.69 Å². The Kier molecular flexibility index (Phi) is 3.68. The molecule has 0 fully saturated rings. The van der Waals surface area contributed by atoms with Crippen molar-refractivity contribution in [2.45, 2.75) is 33.2 Å². The molecule has 1 rings (SSSR count). The van der Waals surface area contributed by atoms with Crippen molar-refractivity contribution in [1.82, 2.24) is 9.78 Å². The van der Waals surface area contributed by atoms with Crippen molar-refractivity contribution in [3.8, 4) is 0 Å². The van der Waals surface area contributed by atoms with Crippen LogP contribution in [0.15, 0.2) is 12.3 Å². The first-order valence-electron chi connectivity index (χ1n) is 4.68. The average molecular weight is 180 g/mol. The molecule has 0 N–H and O–H groups in total. The minimum atomic E-state index is 0.568. The quantitative estimate of drug-likeness (QED) is 0.646. The van der Waals surface area contributed by atoms with Gasteiger partial charge in [-0.2, -0.15) is 5.10 Å². The first kappa shape index (κ1) is 9.96. The number of hydrogen-bond acceptors (Lipinski definition) is 2. The van der Waals surface area contributed by atoms with Crippen LogP contribution >= 0.6 is 0 Å². The van der Waals surface area contributed by atoms with Gasteiger partial charge in [0.2, 0.25) is 0 Å². The summed E-state index contributed by atoms with van der Waals surface area (Å²) < 4.78 is 1.94. The van der Waals surface area contributed by atoms with Gasteiger partial charge in [-0.25, -0.2) is 0 Å². The number of hydrogen-bond donors (Lipinski definition) is 0. The van der Waals surface area contributed by atoms with Crippen molar-refractivity contribution in [2.75, 3.05) is 0 Å². The SMILES string of the molecule is CC(C)Cn1ccc(CCC=O)n1. The van der Waals surface area contributed by atoms with Gasteiger partial charge in [0.25, 0.3) is 0 Å². The lowest BCUT2D eigenvalue weighted by molar-refractivity contribution is -0.107. The van der Waals surface area contributed by atoms with Crippen molar-refractivity contribution in [3.63, 3.8) is 0 Å². The molecule has 0 aliphatic heterocycles. The van der Waals surface area contributed by atoms with Crippen LogP contribution in [0.25, 0.3) is 0 Å². The van der Waals surface area contributed by atoms with Crippen LogP contribution in [0.2, 0.25) is 0 Å². The van der Waals surface area contributed by atoms with Gasteiger partial charge in [-0.05, 0) is 18.4 Å². The summed E-state index contributed by atoms with van der Waals surface area (Å²) in [6.07, 6.45) is 4.23. The van der Waals surface area contributed by atoms with Gasteiger partial charge in [0, 0.05) is 19.2 Å². The molecule has 0 aliphatic carbocycles. The standard InChI is InChI=1S/C10H16N2O/c1-9(2)8-12-6-5-10(11-12)4-3-7-13/h5-7,9H,3-4,8H2,1-2H3. The van der Waals surface area contributed by atoms with Gasteiger partial charge in [0.15, 0.2) is 0 Å². The molecule has 0 bridgehead atoms. The first-order chi connectivity index (χ1) is 6.22. The normalized spacial score (nSPS) is 10.7. The zero-order chi connectivity index (χ0) is 9.68. The Hall–Kier alpha value is -1.12. The van der Waals surface area contributed by atoms with E-state index in [9.17, 15) is 4.79 Å². The Morgan fingerprint density at radius 3 is 3.00 bits per heavy atom. The molecule has 13 heavy (non-hydrogen) atoms. The van der Waals surface area contributed by atoms with E-state index in [2.05, 4.69) is 18.9 Å². The molecule has 0 saturated heterocycles. The Morgan fingerprint density at radius 1 is 1.62 bits per heavy atom. The van der Waals surface area contributed by atoms with Crippen LogP contribution in [0.3, 0.4) is 0 Å². The molecule has 0 aromatic carbocycles. The Balaban J connectivity index is 2.48. The molecular formula is C10H16N2O. The van der Waals surface area contributed by atoms with E-state index in [-0.39, 0.29) is 0 Å². The molecule has 1 heterocycles. The highest BCUT2D eigenvalue weighted by Crippen LogP contribution is 2.02. The molecule has 0 spiro atoms. The monoisotopic (exact) mass is 180 g/mol. The van der Waals surface area contributed by atoms with Gasteiger partial charge < -0.3 is 4.79 Å². The molecule has 1 aromatic heterocycles. The molecule has 0 amide bonds. The maximum atomic E-state index is 10.1. The smallest absolute Gasteiger partial charge is 0.120 e. The molecule has 72 valence electrons. The predicted molar refractivity (Wildman–Crippen MR) is 51.5 cm³/mol. The number of carbonyl (C=O) groups excluding carboxylic acids is 1. The molecule has 1 aromatic rings. The fraction of sp³-hybridized carbons (Fsp3) is 0.600. The molecule has 0 unspecified atom stereocenters. The third kappa shape index (κ3) is 3.40. The van der Waals surface area contributed by atoms with Crippen LogP contribution in [-0.4, -0.2) is 16.1 Å². The van der Waals surface area contributed by atoms with E-state index >= 15 is 0 Å². The summed E-state index contributed by atoms with van der Waals surface area (Å²) >= 11 is 0. The molecular weight excluding hydrogens is 164 g/mol. The summed E-state index contributed by atoms with van der Waals surface area (Å²) in [6.45, 7) is 5.26. The van der Waals surface area contributed by atoms with E-state index in [1.165, 1.54) is 0 Å². The number of nitrogens with zero attached hydrogens (tertiary/aromatic N) is 2. The minimum Gasteiger partial charge on any atom is -0.303 e. The third-order valence-corrected chi connectivity index (χ3v) is 1.77. The van der Waals surface area contributed by atoms with Gasteiger partial charge >= 0.3 is 0 Å². The minimum absolute atomic E-state index is 0.568. The van der Waals surface area contributed by atoms with Crippen molar-refractivity contribution < 1.29 is 4.79 Å². The average Bonchev–Trinajstić information content (AvgIpc) is 2.48. The van der Waals surface area contributed by atoms with E-state index in [4.69, 9.17) is 0 Å². The molecule has 0 aliphatic rings. The summed E-state index contributed by atoms with van der Waals surface area (Å²) in [6, 6.07) is 1.98. The Bertz CT molecular complexity index is 266. The van der Waals surface area contributed by atoms with E-state index < -0.39 is 0 Å². The predicted octanol–water partition coefficient (Wildman–Crippen LogP) is 1.67. The Labute approximate surface area is 78.8 Å². The number of carbonyl (C=O) groups is 1. The summed E-state index contributed by atoms with van der Waals surface area (Å²) in [4.78, 5) is 10.1. The fourth-order valence-electron chi connectivity index (χ4n) is 1.22. The number of aromatic nitrogens is 2. The first-order valence-corrected chi connectivity index (χ1v) is 4.68. The van der Waals surface area contributed by atoms with Crippen LogP contribution < -0.4 is 0 Å². The summed E-state index contributed by atoms with van der Waals surface area (Å²) in [5, 5.41) is 4.35. The summed E-state index contributed by atoms with van der Waals surface area (Å²) in [5.74, 6) is 0.610. The lowest BCUT2D eigenvalue weighted by Gasteiger charge is -2.03. The molecule has 0 saturated carbocycles. The van der Waals surface area contributed by atoms with E-state index in [0.29, 0.717) is 12.3 Å². The van der Waals surface area contributed by atoms with Gasteiger partial charge in [-0.15, -0.1) is 0 Å². The third-order valence-electron chi connectivity index (χ3n) is 1.77. The van der Waals surface area contributed by atoms with Crippen molar-refractivity contribution in [2.24, 2.45) is 5.92 Å². The van der Waals surface area contributed by atoms with Gasteiger partial charge in [-0.3, -0.25) is 4.68 Å². The maximum Gasteiger partial charge on any atom is 0.120 e. The number of aryl methyl sites for hydroxylation is 1. The number of aldehydes is 1. The zero-order valence-corrected chi connectivity index (χ0v) is 8.23. The fourth-order valence-corrected chi connectivity index (χ4v) is 1.22. The highest BCUT2D eigenvalue weighted by atomic mass is 16.1. The van der Waals surface area contributed by atoms with Crippen LogP contribution in [0.4, 0.5) is 0 Å². The van der Waals surface area contributed by atoms with Crippen molar-refractivity contribution in [1.29, 1.82) is 0 Å².